The number of benzene rings is 1. The molecule has 1 aromatic rings. The Morgan fingerprint density at radius 2 is 1.82 bits per heavy atom. The van der Waals surface area contributed by atoms with Crippen molar-refractivity contribution in [3.8, 4) is 0 Å². The van der Waals surface area contributed by atoms with Crippen molar-refractivity contribution < 1.29 is 0 Å². The van der Waals surface area contributed by atoms with Crippen molar-refractivity contribution in [2.24, 2.45) is 5.73 Å². The number of anilines is 1. The monoisotopic (exact) mass is 232 g/mol. The average molecular weight is 232 g/mol. The maximum Gasteiger partial charge on any atom is 0.0414 e. The second-order valence-corrected chi connectivity index (χ2v) is 5.25. The normalized spacial score (nSPS) is 19.0. The van der Waals surface area contributed by atoms with Crippen molar-refractivity contribution in [3.63, 3.8) is 0 Å². The van der Waals surface area contributed by atoms with E-state index in [9.17, 15) is 0 Å². The van der Waals surface area contributed by atoms with Crippen LogP contribution in [0.25, 0.3) is 0 Å². The van der Waals surface area contributed by atoms with Gasteiger partial charge in [-0.2, -0.15) is 0 Å². The van der Waals surface area contributed by atoms with Gasteiger partial charge in [-0.3, -0.25) is 0 Å². The highest BCUT2D eigenvalue weighted by molar-refractivity contribution is 5.55. The topological polar surface area (TPSA) is 29.3 Å². The first-order valence-corrected chi connectivity index (χ1v) is 6.77. The highest BCUT2D eigenvalue weighted by atomic mass is 15.1. The van der Waals surface area contributed by atoms with E-state index in [1.807, 2.05) is 0 Å². The molecule has 17 heavy (non-hydrogen) atoms. The molecule has 0 spiro atoms. The predicted molar refractivity (Wildman–Crippen MR) is 74.3 cm³/mol. The van der Waals surface area contributed by atoms with Crippen LogP contribution in [0.1, 0.15) is 50.6 Å². The van der Waals surface area contributed by atoms with E-state index in [4.69, 9.17) is 5.73 Å². The molecule has 0 amide bonds. The Balaban J connectivity index is 2.20. The summed E-state index contributed by atoms with van der Waals surface area (Å²) in [4.78, 5) is 2.44. The van der Waals surface area contributed by atoms with E-state index in [2.05, 4.69) is 43.1 Å². The molecule has 1 aliphatic carbocycles. The van der Waals surface area contributed by atoms with E-state index < -0.39 is 0 Å². The van der Waals surface area contributed by atoms with Gasteiger partial charge in [0.15, 0.2) is 0 Å². The first kappa shape index (κ1) is 12.4. The summed E-state index contributed by atoms with van der Waals surface area (Å²) >= 11 is 0. The van der Waals surface area contributed by atoms with E-state index in [1.54, 1.807) is 0 Å². The summed E-state index contributed by atoms with van der Waals surface area (Å²) in [5.41, 5.74) is 8.63. The van der Waals surface area contributed by atoms with Crippen molar-refractivity contribution in [2.45, 2.75) is 51.1 Å². The summed E-state index contributed by atoms with van der Waals surface area (Å²) in [7, 11) is 2.22. The van der Waals surface area contributed by atoms with Gasteiger partial charge in [-0.05, 0) is 31.4 Å². The second-order valence-electron chi connectivity index (χ2n) is 5.25. The van der Waals surface area contributed by atoms with Crippen LogP contribution in [0.15, 0.2) is 24.3 Å². The number of rotatable bonds is 3. The highest BCUT2D eigenvalue weighted by Crippen LogP contribution is 2.30. The van der Waals surface area contributed by atoms with Gasteiger partial charge in [-0.25, -0.2) is 0 Å². The first-order chi connectivity index (χ1) is 8.20. The minimum atomic E-state index is 0.109. The average Bonchev–Trinajstić information content (AvgIpc) is 2.39. The zero-order valence-corrected chi connectivity index (χ0v) is 11.0. The van der Waals surface area contributed by atoms with Gasteiger partial charge < -0.3 is 10.6 Å². The first-order valence-electron chi connectivity index (χ1n) is 6.77. The van der Waals surface area contributed by atoms with Crippen molar-refractivity contribution in [1.82, 2.24) is 0 Å². The van der Waals surface area contributed by atoms with Gasteiger partial charge in [-0.1, -0.05) is 37.5 Å². The molecular weight excluding hydrogens is 208 g/mol. The van der Waals surface area contributed by atoms with Crippen LogP contribution in [0.4, 0.5) is 5.69 Å². The van der Waals surface area contributed by atoms with Gasteiger partial charge >= 0.3 is 0 Å². The summed E-state index contributed by atoms with van der Waals surface area (Å²) in [6, 6.07) is 9.35. The summed E-state index contributed by atoms with van der Waals surface area (Å²) in [6.07, 6.45) is 6.79. The molecule has 1 fully saturated rings. The molecule has 1 atom stereocenters. The maximum atomic E-state index is 6.06. The summed E-state index contributed by atoms with van der Waals surface area (Å²) < 4.78 is 0. The van der Waals surface area contributed by atoms with Gasteiger partial charge in [0, 0.05) is 24.8 Å². The number of nitrogens with zero attached hydrogens (tertiary/aromatic N) is 1. The Labute approximate surface area is 105 Å². The zero-order valence-electron chi connectivity index (χ0n) is 11.0. The fourth-order valence-electron chi connectivity index (χ4n) is 2.86. The number of hydrogen-bond acceptors (Lipinski definition) is 2. The third-order valence-corrected chi connectivity index (χ3v) is 3.93. The second kappa shape index (κ2) is 5.54. The maximum absolute atomic E-state index is 6.06. The van der Waals surface area contributed by atoms with E-state index in [0.717, 1.165) is 0 Å². The molecule has 0 radical (unpaired) electrons. The molecule has 2 nitrogen and oxygen atoms in total. The van der Waals surface area contributed by atoms with Gasteiger partial charge in [-0.15, -0.1) is 0 Å². The Hall–Kier alpha value is -1.02. The molecule has 94 valence electrons. The van der Waals surface area contributed by atoms with Crippen LogP contribution in [0, 0.1) is 0 Å². The molecule has 1 saturated carbocycles. The zero-order chi connectivity index (χ0) is 12.3. The standard InChI is InChI=1S/C15H24N2/c1-12(16)14-10-6-7-11-15(14)17(2)13-8-4-3-5-9-13/h6-7,10-13H,3-5,8-9,16H2,1-2H3/t12-/m0/s1. The van der Waals surface area contributed by atoms with Crippen LogP contribution >= 0.6 is 0 Å². The van der Waals surface area contributed by atoms with Crippen LogP contribution < -0.4 is 10.6 Å². The van der Waals surface area contributed by atoms with Gasteiger partial charge in [0.05, 0.1) is 0 Å². The molecule has 1 aliphatic rings. The number of hydrogen-bond donors (Lipinski definition) is 1. The van der Waals surface area contributed by atoms with Crippen LogP contribution in [0.2, 0.25) is 0 Å². The molecule has 0 heterocycles. The minimum absolute atomic E-state index is 0.109. The van der Waals surface area contributed by atoms with Gasteiger partial charge in [0.25, 0.3) is 0 Å². The Bertz CT molecular complexity index is 354. The van der Waals surface area contributed by atoms with Crippen LogP contribution in [0.5, 0.6) is 0 Å². The van der Waals surface area contributed by atoms with Crippen molar-refractivity contribution in [1.29, 1.82) is 0 Å². The molecule has 0 unspecified atom stereocenters. The Kier molecular flexibility index (Phi) is 4.06. The van der Waals surface area contributed by atoms with Crippen molar-refractivity contribution in [3.05, 3.63) is 29.8 Å². The third-order valence-electron chi connectivity index (χ3n) is 3.93. The molecule has 0 aromatic heterocycles. The van der Waals surface area contributed by atoms with E-state index in [0.29, 0.717) is 6.04 Å². The Morgan fingerprint density at radius 3 is 2.47 bits per heavy atom. The molecule has 2 rings (SSSR count). The highest BCUT2D eigenvalue weighted by Gasteiger charge is 2.20. The van der Waals surface area contributed by atoms with E-state index in [-0.39, 0.29) is 6.04 Å². The molecule has 1 aromatic carbocycles. The van der Waals surface area contributed by atoms with Crippen molar-refractivity contribution >= 4 is 5.69 Å². The molecule has 2 heteroatoms. The van der Waals surface area contributed by atoms with Gasteiger partial charge in [0.1, 0.15) is 0 Å². The molecule has 0 aliphatic heterocycles. The quantitative estimate of drug-likeness (QED) is 0.864. The van der Waals surface area contributed by atoms with E-state index in [1.165, 1.54) is 43.4 Å². The third kappa shape index (κ3) is 2.81. The predicted octanol–water partition coefficient (Wildman–Crippen LogP) is 3.48. The minimum Gasteiger partial charge on any atom is -0.371 e. The molecule has 0 bridgehead atoms. The summed E-state index contributed by atoms with van der Waals surface area (Å²) in [6.45, 7) is 2.06. The lowest BCUT2D eigenvalue weighted by Gasteiger charge is -2.34. The summed E-state index contributed by atoms with van der Waals surface area (Å²) in [5, 5.41) is 0. The SMILES string of the molecule is C[C@H](N)c1ccccc1N(C)C1CCCCC1. The molecular formula is C15H24N2. The lowest BCUT2D eigenvalue weighted by atomic mass is 9.93. The Morgan fingerprint density at radius 1 is 1.18 bits per heavy atom. The van der Waals surface area contributed by atoms with Crippen LogP contribution in [-0.4, -0.2) is 13.1 Å². The fraction of sp³-hybridized carbons (Fsp3) is 0.600. The number of nitrogens with two attached hydrogens (primary N) is 1. The smallest absolute Gasteiger partial charge is 0.0414 e. The lowest BCUT2D eigenvalue weighted by molar-refractivity contribution is 0.427. The van der Waals surface area contributed by atoms with Gasteiger partial charge in [0.2, 0.25) is 0 Å². The molecule has 2 N–H and O–H groups in total. The number of para-hydroxylation sites is 1. The largest absolute Gasteiger partial charge is 0.371 e. The van der Waals surface area contributed by atoms with Crippen LogP contribution in [0.3, 0.4) is 0 Å². The lowest BCUT2D eigenvalue weighted by Crippen LogP contribution is -2.34. The van der Waals surface area contributed by atoms with E-state index >= 15 is 0 Å². The molecule has 0 saturated heterocycles. The van der Waals surface area contributed by atoms with Crippen molar-refractivity contribution in [2.75, 3.05) is 11.9 Å². The summed E-state index contributed by atoms with van der Waals surface area (Å²) in [5.74, 6) is 0. The fourth-order valence-corrected chi connectivity index (χ4v) is 2.86. The van der Waals surface area contributed by atoms with Crippen LogP contribution in [-0.2, 0) is 0 Å².